The largest absolute Gasteiger partial charge is 0.372 e. The summed E-state index contributed by atoms with van der Waals surface area (Å²) in [5.74, 6) is 1.83. The number of imidazole rings is 1. The van der Waals surface area contributed by atoms with Crippen molar-refractivity contribution in [2.75, 3.05) is 25.0 Å². The summed E-state index contributed by atoms with van der Waals surface area (Å²) in [4.78, 5) is 11.2. The van der Waals surface area contributed by atoms with Crippen molar-refractivity contribution >= 4 is 35.6 Å². The lowest BCUT2D eigenvalue weighted by Crippen LogP contribution is -2.38. The average Bonchev–Trinajstić information content (AvgIpc) is 3.49. The van der Waals surface area contributed by atoms with Crippen LogP contribution in [0.25, 0.3) is 0 Å². The molecule has 1 fully saturated rings. The minimum atomic E-state index is 0. The van der Waals surface area contributed by atoms with Crippen LogP contribution in [-0.4, -0.2) is 35.6 Å². The van der Waals surface area contributed by atoms with E-state index in [1.54, 1.807) is 0 Å². The van der Waals surface area contributed by atoms with Crippen molar-refractivity contribution in [2.45, 2.75) is 45.8 Å². The number of nitrogens with zero attached hydrogens (tertiary/aromatic N) is 4. The highest BCUT2D eigenvalue weighted by molar-refractivity contribution is 14.0. The standard InChI is InChI=1S/C26H34N6.HI/c1-20(24-10-7-11-25(17-24)31-13-4-5-14-31)30-26(27-3)29-18-22-8-6-9-23(16-22)19-32-15-12-28-21(32)2;/h6-12,15-17,20H,4-5,13-14,18-19H2,1-3H3,(H2,27,29,30);1H. The van der Waals surface area contributed by atoms with Gasteiger partial charge >= 0.3 is 0 Å². The topological polar surface area (TPSA) is 57.5 Å². The van der Waals surface area contributed by atoms with Crippen LogP contribution in [-0.2, 0) is 13.1 Å². The molecule has 2 heterocycles. The summed E-state index contributed by atoms with van der Waals surface area (Å²) >= 11 is 0. The summed E-state index contributed by atoms with van der Waals surface area (Å²) in [6, 6.07) is 17.7. The van der Waals surface area contributed by atoms with Crippen molar-refractivity contribution in [1.29, 1.82) is 0 Å². The molecule has 2 N–H and O–H groups in total. The van der Waals surface area contributed by atoms with Crippen molar-refractivity contribution in [3.63, 3.8) is 0 Å². The summed E-state index contributed by atoms with van der Waals surface area (Å²) < 4.78 is 2.16. The van der Waals surface area contributed by atoms with Crippen LogP contribution >= 0.6 is 24.0 Å². The Balaban J connectivity index is 0.00000306. The van der Waals surface area contributed by atoms with Gasteiger partial charge in [-0.1, -0.05) is 36.4 Å². The number of hydrogen-bond donors (Lipinski definition) is 2. The summed E-state index contributed by atoms with van der Waals surface area (Å²) in [5.41, 5.74) is 5.09. The quantitative estimate of drug-likeness (QED) is 0.247. The Morgan fingerprint density at radius 2 is 1.85 bits per heavy atom. The maximum Gasteiger partial charge on any atom is 0.191 e. The number of guanidine groups is 1. The zero-order valence-corrected chi connectivity index (χ0v) is 22.1. The van der Waals surface area contributed by atoms with Crippen LogP contribution in [0.2, 0.25) is 0 Å². The summed E-state index contributed by atoms with van der Waals surface area (Å²) in [7, 11) is 1.82. The van der Waals surface area contributed by atoms with Crippen LogP contribution in [0.4, 0.5) is 5.69 Å². The molecule has 1 unspecified atom stereocenters. The fraction of sp³-hybridized carbons (Fsp3) is 0.385. The predicted octanol–water partition coefficient (Wildman–Crippen LogP) is 4.88. The first-order chi connectivity index (χ1) is 15.6. The Hall–Kier alpha value is -2.55. The average molecular weight is 559 g/mol. The lowest BCUT2D eigenvalue weighted by atomic mass is 10.1. The smallest absolute Gasteiger partial charge is 0.191 e. The van der Waals surface area contributed by atoms with E-state index < -0.39 is 0 Å². The molecule has 176 valence electrons. The number of aromatic nitrogens is 2. The Morgan fingerprint density at radius 3 is 2.58 bits per heavy atom. The molecule has 0 aliphatic carbocycles. The molecule has 0 bridgehead atoms. The zero-order chi connectivity index (χ0) is 22.3. The molecule has 0 amide bonds. The van der Waals surface area contributed by atoms with Gasteiger partial charge in [-0.05, 0) is 55.5 Å². The molecule has 1 atom stereocenters. The van der Waals surface area contributed by atoms with E-state index in [1.165, 1.54) is 35.2 Å². The molecule has 0 radical (unpaired) electrons. The van der Waals surface area contributed by atoms with E-state index in [0.717, 1.165) is 38.0 Å². The Labute approximate surface area is 214 Å². The Bertz CT molecular complexity index is 1050. The number of aryl methyl sites for hydroxylation is 1. The van der Waals surface area contributed by atoms with Gasteiger partial charge in [-0.15, -0.1) is 24.0 Å². The molecular weight excluding hydrogens is 523 g/mol. The molecule has 2 aromatic carbocycles. The molecular formula is C26H35IN6. The van der Waals surface area contributed by atoms with E-state index in [2.05, 4.69) is 85.5 Å². The Morgan fingerprint density at radius 1 is 1.09 bits per heavy atom. The normalized spacial score (nSPS) is 14.6. The number of aliphatic imine (C=N–C) groups is 1. The SMILES string of the molecule is CN=C(NCc1cccc(Cn2ccnc2C)c1)NC(C)c1cccc(N2CCCC2)c1.I. The molecule has 1 aromatic heterocycles. The number of anilines is 1. The highest BCUT2D eigenvalue weighted by Crippen LogP contribution is 2.24. The van der Waals surface area contributed by atoms with Gasteiger partial charge in [-0.2, -0.15) is 0 Å². The van der Waals surface area contributed by atoms with Gasteiger partial charge in [-0.25, -0.2) is 4.98 Å². The number of benzene rings is 2. The third-order valence-corrected chi connectivity index (χ3v) is 6.15. The summed E-state index contributed by atoms with van der Waals surface area (Å²) in [6.07, 6.45) is 6.44. The molecule has 1 aliphatic rings. The van der Waals surface area contributed by atoms with Gasteiger partial charge in [-0.3, -0.25) is 4.99 Å². The van der Waals surface area contributed by atoms with Crippen LogP contribution < -0.4 is 15.5 Å². The van der Waals surface area contributed by atoms with Gasteiger partial charge in [0.15, 0.2) is 5.96 Å². The maximum atomic E-state index is 4.43. The third-order valence-electron chi connectivity index (χ3n) is 6.15. The molecule has 1 aliphatic heterocycles. The molecule has 7 heteroatoms. The van der Waals surface area contributed by atoms with E-state index in [1.807, 2.05) is 26.4 Å². The van der Waals surface area contributed by atoms with Crippen LogP contribution in [0.5, 0.6) is 0 Å². The number of rotatable bonds is 7. The highest BCUT2D eigenvalue weighted by atomic mass is 127. The highest BCUT2D eigenvalue weighted by Gasteiger charge is 2.14. The first kappa shape index (κ1) is 25.1. The maximum absolute atomic E-state index is 4.43. The second kappa shape index (κ2) is 12.1. The van der Waals surface area contributed by atoms with Crippen LogP contribution in [0.1, 0.15) is 48.3 Å². The van der Waals surface area contributed by atoms with Crippen LogP contribution in [0.15, 0.2) is 65.9 Å². The fourth-order valence-electron chi connectivity index (χ4n) is 4.24. The van der Waals surface area contributed by atoms with Gasteiger partial charge in [0.05, 0.1) is 6.04 Å². The lowest BCUT2D eigenvalue weighted by Gasteiger charge is -2.22. The number of nitrogens with one attached hydrogen (secondary N) is 2. The molecule has 3 aromatic rings. The fourth-order valence-corrected chi connectivity index (χ4v) is 4.24. The van der Waals surface area contributed by atoms with E-state index in [4.69, 9.17) is 0 Å². The molecule has 4 rings (SSSR count). The van der Waals surface area contributed by atoms with Gasteiger partial charge < -0.3 is 20.1 Å². The van der Waals surface area contributed by atoms with Crippen molar-refractivity contribution < 1.29 is 0 Å². The van der Waals surface area contributed by atoms with E-state index in [-0.39, 0.29) is 30.0 Å². The predicted molar refractivity (Wildman–Crippen MR) is 148 cm³/mol. The molecule has 1 saturated heterocycles. The van der Waals surface area contributed by atoms with Gasteiger partial charge in [0.2, 0.25) is 0 Å². The second-order valence-corrected chi connectivity index (χ2v) is 8.50. The zero-order valence-electron chi connectivity index (χ0n) is 19.8. The first-order valence-corrected chi connectivity index (χ1v) is 11.5. The Kier molecular flexibility index (Phi) is 9.17. The summed E-state index contributed by atoms with van der Waals surface area (Å²) in [6.45, 7) is 8.09. The van der Waals surface area contributed by atoms with E-state index in [0.29, 0.717) is 0 Å². The number of hydrogen-bond acceptors (Lipinski definition) is 3. The van der Waals surface area contributed by atoms with Crippen molar-refractivity contribution in [2.24, 2.45) is 4.99 Å². The van der Waals surface area contributed by atoms with Crippen LogP contribution in [0.3, 0.4) is 0 Å². The van der Waals surface area contributed by atoms with E-state index in [9.17, 15) is 0 Å². The van der Waals surface area contributed by atoms with Crippen molar-refractivity contribution in [1.82, 2.24) is 20.2 Å². The minimum absolute atomic E-state index is 0. The molecule has 0 spiro atoms. The van der Waals surface area contributed by atoms with Crippen molar-refractivity contribution in [3.8, 4) is 0 Å². The van der Waals surface area contributed by atoms with Gasteiger partial charge in [0, 0.05) is 51.3 Å². The van der Waals surface area contributed by atoms with Gasteiger partial charge in [0.1, 0.15) is 5.82 Å². The first-order valence-electron chi connectivity index (χ1n) is 11.5. The van der Waals surface area contributed by atoms with Crippen molar-refractivity contribution in [3.05, 3.63) is 83.4 Å². The minimum Gasteiger partial charge on any atom is -0.372 e. The molecule has 0 saturated carbocycles. The lowest BCUT2D eigenvalue weighted by molar-refractivity contribution is 0.684. The van der Waals surface area contributed by atoms with Crippen LogP contribution in [0, 0.1) is 6.92 Å². The molecule has 33 heavy (non-hydrogen) atoms. The van der Waals surface area contributed by atoms with E-state index >= 15 is 0 Å². The van der Waals surface area contributed by atoms with Gasteiger partial charge in [0.25, 0.3) is 0 Å². The summed E-state index contributed by atoms with van der Waals surface area (Å²) in [5, 5.41) is 7.00. The second-order valence-electron chi connectivity index (χ2n) is 8.50. The molecule has 6 nitrogen and oxygen atoms in total. The number of halogens is 1. The monoisotopic (exact) mass is 558 g/mol. The third kappa shape index (κ3) is 6.72.